The maximum absolute atomic E-state index is 12.2. The molecule has 23 heavy (non-hydrogen) atoms. The molecule has 1 fully saturated rings. The van der Waals surface area contributed by atoms with E-state index in [0.29, 0.717) is 11.3 Å². The summed E-state index contributed by atoms with van der Waals surface area (Å²) in [6, 6.07) is 10.3. The van der Waals surface area contributed by atoms with Gasteiger partial charge in [-0.25, -0.2) is 0 Å². The summed E-state index contributed by atoms with van der Waals surface area (Å²) in [6.45, 7) is 3.46. The van der Waals surface area contributed by atoms with Crippen LogP contribution in [0.5, 0.6) is 0 Å². The molecule has 1 aliphatic heterocycles. The highest BCUT2D eigenvalue weighted by Gasteiger charge is 2.15. The standard InChI is InChI=1S/C17H18N4O2/c1-12(22)13-5-4-6-14(11-13)18-17(23)15-7-8-16(20-19-15)21-9-2-3-10-21/h4-8,11H,2-3,9-10H2,1H3,(H,18,23). The smallest absolute Gasteiger partial charge is 0.276 e. The Hall–Kier alpha value is -2.76. The third kappa shape index (κ3) is 3.53. The van der Waals surface area contributed by atoms with Crippen molar-refractivity contribution in [3.8, 4) is 0 Å². The molecular weight excluding hydrogens is 292 g/mol. The van der Waals surface area contributed by atoms with Crippen molar-refractivity contribution in [2.75, 3.05) is 23.3 Å². The van der Waals surface area contributed by atoms with Crippen molar-refractivity contribution in [2.24, 2.45) is 0 Å². The first kappa shape index (κ1) is 15.1. The van der Waals surface area contributed by atoms with E-state index < -0.39 is 0 Å². The van der Waals surface area contributed by atoms with Crippen LogP contribution >= 0.6 is 0 Å². The Morgan fingerprint density at radius 2 is 1.87 bits per heavy atom. The van der Waals surface area contributed by atoms with Gasteiger partial charge in [0.25, 0.3) is 5.91 Å². The number of amides is 1. The predicted octanol–water partition coefficient (Wildman–Crippen LogP) is 2.53. The Bertz CT molecular complexity index is 722. The first-order chi connectivity index (χ1) is 11.1. The lowest BCUT2D eigenvalue weighted by atomic mass is 10.1. The Balaban J connectivity index is 1.70. The van der Waals surface area contributed by atoms with Gasteiger partial charge in [0.1, 0.15) is 0 Å². The summed E-state index contributed by atoms with van der Waals surface area (Å²) < 4.78 is 0. The van der Waals surface area contributed by atoms with Crippen molar-refractivity contribution in [1.29, 1.82) is 0 Å². The fourth-order valence-corrected chi connectivity index (χ4v) is 2.57. The van der Waals surface area contributed by atoms with Gasteiger partial charge >= 0.3 is 0 Å². The second-order valence-electron chi connectivity index (χ2n) is 5.56. The molecule has 118 valence electrons. The lowest BCUT2D eigenvalue weighted by Crippen LogP contribution is -2.21. The molecule has 1 aromatic heterocycles. The zero-order valence-corrected chi connectivity index (χ0v) is 13.0. The lowest BCUT2D eigenvalue weighted by molar-refractivity contribution is 0.100. The summed E-state index contributed by atoms with van der Waals surface area (Å²) in [5, 5.41) is 10.9. The maximum atomic E-state index is 12.2. The third-order valence-electron chi connectivity index (χ3n) is 3.84. The molecule has 1 saturated heterocycles. The molecule has 0 atom stereocenters. The molecule has 2 heterocycles. The van der Waals surface area contributed by atoms with Crippen LogP contribution in [0, 0.1) is 0 Å². The number of carbonyl (C=O) groups is 2. The first-order valence-electron chi connectivity index (χ1n) is 7.64. The zero-order valence-electron chi connectivity index (χ0n) is 13.0. The second-order valence-corrected chi connectivity index (χ2v) is 5.56. The van der Waals surface area contributed by atoms with Crippen LogP contribution in [0.1, 0.15) is 40.6 Å². The Morgan fingerprint density at radius 3 is 2.52 bits per heavy atom. The number of Topliss-reactive ketones (excluding diaryl/α,β-unsaturated/α-hetero) is 1. The van der Waals surface area contributed by atoms with Gasteiger partial charge in [0.2, 0.25) is 0 Å². The molecule has 6 heteroatoms. The Kier molecular flexibility index (Phi) is 4.32. The van der Waals surface area contributed by atoms with E-state index >= 15 is 0 Å². The number of aromatic nitrogens is 2. The van der Waals surface area contributed by atoms with Gasteiger partial charge < -0.3 is 10.2 Å². The molecule has 1 aliphatic rings. The molecule has 6 nitrogen and oxygen atoms in total. The molecule has 0 unspecified atom stereocenters. The van der Waals surface area contributed by atoms with Crippen LogP contribution in [-0.2, 0) is 0 Å². The van der Waals surface area contributed by atoms with E-state index in [-0.39, 0.29) is 17.4 Å². The number of anilines is 2. The molecule has 0 spiro atoms. The number of ketones is 1. The van der Waals surface area contributed by atoms with Crippen LogP contribution in [0.15, 0.2) is 36.4 Å². The molecule has 1 N–H and O–H groups in total. The highest BCUT2D eigenvalue weighted by atomic mass is 16.2. The topological polar surface area (TPSA) is 75.2 Å². The molecule has 1 amide bonds. The van der Waals surface area contributed by atoms with Crippen LogP contribution in [0.3, 0.4) is 0 Å². The van der Waals surface area contributed by atoms with E-state index in [1.807, 2.05) is 6.07 Å². The lowest BCUT2D eigenvalue weighted by Gasteiger charge is -2.15. The van der Waals surface area contributed by atoms with Crippen molar-refractivity contribution < 1.29 is 9.59 Å². The zero-order chi connectivity index (χ0) is 16.2. The van der Waals surface area contributed by atoms with Gasteiger partial charge in [0.15, 0.2) is 17.3 Å². The molecular formula is C17H18N4O2. The maximum Gasteiger partial charge on any atom is 0.276 e. The largest absolute Gasteiger partial charge is 0.355 e. The van der Waals surface area contributed by atoms with E-state index in [1.165, 1.54) is 6.92 Å². The van der Waals surface area contributed by atoms with E-state index in [0.717, 1.165) is 31.7 Å². The summed E-state index contributed by atoms with van der Waals surface area (Å²) in [5.41, 5.74) is 1.37. The number of nitrogens with zero attached hydrogens (tertiary/aromatic N) is 3. The van der Waals surface area contributed by atoms with Gasteiger partial charge in [-0.1, -0.05) is 12.1 Å². The van der Waals surface area contributed by atoms with Gasteiger partial charge in [0, 0.05) is 24.3 Å². The molecule has 0 saturated carbocycles. The summed E-state index contributed by atoms with van der Waals surface area (Å²) in [7, 11) is 0. The summed E-state index contributed by atoms with van der Waals surface area (Å²) >= 11 is 0. The minimum absolute atomic E-state index is 0.0455. The van der Waals surface area contributed by atoms with Gasteiger partial charge in [-0.15, -0.1) is 10.2 Å². The number of hydrogen-bond donors (Lipinski definition) is 1. The van der Waals surface area contributed by atoms with Crippen LogP contribution in [0.4, 0.5) is 11.5 Å². The number of hydrogen-bond acceptors (Lipinski definition) is 5. The molecule has 2 aromatic rings. The van der Waals surface area contributed by atoms with Crippen LogP contribution in [-0.4, -0.2) is 35.0 Å². The highest BCUT2D eigenvalue weighted by molar-refractivity contribution is 6.03. The van der Waals surface area contributed by atoms with E-state index in [2.05, 4.69) is 20.4 Å². The van der Waals surface area contributed by atoms with Gasteiger partial charge in [0.05, 0.1) is 0 Å². The highest BCUT2D eigenvalue weighted by Crippen LogP contribution is 2.17. The Morgan fingerprint density at radius 1 is 1.09 bits per heavy atom. The normalized spacial score (nSPS) is 13.9. The van der Waals surface area contributed by atoms with Gasteiger partial charge in [-0.3, -0.25) is 9.59 Å². The van der Waals surface area contributed by atoms with Crippen molar-refractivity contribution in [2.45, 2.75) is 19.8 Å². The number of benzene rings is 1. The SMILES string of the molecule is CC(=O)c1cccc(NC(=O)c2ccc(N3CCCC3)nn2)c1. The fraction of sp³-hybridized carbons (Fsp3) is 0.294. The molecule has 0 aliphatic carbocycles. The summed E-state index contributed by atoms with van der Waals surface area (Å²) in [4.78, 5) is 25.8. The second kappa shape index (κ2) is 6.56. The monoisotopic (exact) mass is 310 g/mol. The molecule has 0 bridgehead atoms. The van der Waals surface area contributed by atoms with Gasteiger partial charge in [-0.05, 0) is 44.0 Å². The van der Waals surface area contributed by atoms with E-state index in [9.17, 15) is 9.59 Å². The molecule has 0 radical (unpaired) electrons. The average molecular weight is 310 g/mol. The number of nitrogens with one attached hydrogen (secondary N) is 1. The van der Waals surface area contributed by atoms with E-state index in [4.69, 9.17) is 0 Å². The van der Waals surface area contributed by atoms with Crippen LogP contribution in [0.25, 0.3) is 0 Å². The number of rotatable bonds is 4. The minimum Gasteiger partial charge on any atom is -0.355 e. The minimum atomic E-state index is -0.342. The van der Waals surface area contributed by atoms with Crippen LogP contribution < -0.4 is 10.2 Å². The molecule has 1 aromatic carbocycles. The predicted molar refractivity (Wildman–Crippen MR) is 87.9 cm³/mol. The Labute approximate surface area is 134 Å². The van der Waals surface area contributed by atoms with Crippen molar-refractivity contribution >= 4 is 23.2 Å². The quantitative estimate of drug-likeness (QED) is 0.878. The third-order valence-corrected chi connectivity index (χ3v) is 3.84. The van der Waals surface area contributed by atoms with Crippen LogP contribution in [0.2, 0.25) is 0 Å². The van der Waals surface area contributed by atoms with E-state index in [1.54, 1.807) is 30.3 Å². The summed E-state index contributed by atoms with van der Waals surface area (Å²) in [5.74, 6) is 0.416. The molecule has 3 rings (SSSR count). The first-order valence-corrected chi connectivity index (χ1v) is 7.64. The van der Waals surface area contributed by atoms with Crippen molar-refractivity contribution in [3.63, 3.8) is 0 Å². The van der Waals surface area contributed by atoms with Gasteiger partial charge in [-0.2, -0.15) is 0 Å². The fourth-order valence-electron chi connectivity index (χ4n) is 2.57. The van der Waals surface area contributed by atoms with Crippen molar-refractivity contribution in [3.05, 3.63) is 47.7 Å². The average Bonchev–Trinajstić information content (AvgIpc) is 3.09. The number of carbonyl (C=O) groups excluding carboxylic acids is 2. The summed E-state index contributed by atoms with van der Waals surface area (Å²) in [6.07, 6.45) is 2.33. The van der Waals surface area contributed by atoms with Crippen molar-refractivity contribution in [1.82, 2.24) is 10.2 Å².